The zero-order valence-corrected chi connectivity index (χ0v) is 8.57. The second-order valence-corrected chi connectivity index (χ2v) is 3.45. The standard InChI is InChI=1S/C11H8N6/c1-16-6-9(4-14-16)10-7-17-11(5-13-10)8(2-12)3-15-17/h3-7H,1H3/i1D3. The predicted octanol–water partition coefficient (Wildman–Crippen LogP) is 1.00. The van der Waals surface area contributed by atoms with Crippen LogP contribution in [0.2, 0.25) is 0 Å². The first kappa shape index (κ1) is 6.81. The van der Waals surface area contributed by atoms with Gasteiger partial charge in [-0.15, -0.1) is 0 Å². The summed E-state index contributed by atoms with van der Waals surface area (Å²) in [6, 6.07) is 2.02. The highest BCUT2D eigenvalue weighted by Crippen LogP contribution is 2.17. The van der Waals surface area contributed by atoms with Crippen LogP contribution in [0.15, 0.2) is 31.0 Å². The third kappa shape index (κ3) is 1.45. The van der Waals surface area contributed by atoms with Crippen LogP contribution < -0.4 is 0 Å². The molecule has 0 aromatic carbocycles. The van der Waals surface area contributed by atoms with E-state index < -0.39 is 6.98 Å². The molecular formula is C11H8N6. The van der Waals surface area contributed by atoms with E-state index in [1.807, 2.05) is 6.07 Å². The van der Waals surface area contributed by atoms with E-state index in [0.717, 1.165) is 4.68 Å². The lowest BCUT2D eigenvalue weighted by Gasteiger charge is -1.97. The zero-order chi connectivity index (χ0) is 14.3. The van der Waals surface area contributed by atoms with Crippen LogP contribution in [0.3, 0.4) is 0 Å². The fourth-order valence-electron chi connectivity index (χ4n) is 1.57. The normalized spacial score (nSPS) is 13.9. The van der Waals surface area contributed by atoms with Crippen LogP contribution in [0.4, 0.5) is 0 Å². The maximum absolute atomic E-state index is 8.90. The molecule has 0 saturated heterocycles. The lowest BCUT2D eigenvalue weighted by molar-refractivity contribution is 0.768. The minimum absolute atomic E-state index is 0.433. The Morgan fingerprint density at radius 2 is 2.24 bits per heavy atom. The number of aromatic nitrogens is 5. The summed E-state index contributed by atoms with van der Waals surface area (Å²) in [5.74, 6) is 0. The van der Waals surface area contributed by atoms with E-state index in [9.17, 15) is 0 Å². The Labute approximate surface area is 101 Å². The Kier molecular flexibility index (Phi) is 1.37. The van der Waals surface area contributed by atoms with Crippen molar-refractivity contribution in [2.75, 3.05) is 0 Å². The lowest BCUT2D eigenvalue weighted by atomic mass is 10.2. The molecule has 0 fully saturated rings. The number of nitrogens with zero attached hydrogens (tertiary/aromatic N) is 6. The fourth-order valence-corrected chi connectivity index (χ4v) is 1.57. The fraction of sp³-hybridized carbons (Fsp3) is 0.0909. The highest BCUT2D eigenvalue weighted by Gasteiger charge is 2.07. The molecule has 6 nitrogen and oxygen atoms in total. The summed E-state index contributed by atoms with van der Waals surface area (Å²) in [6.07, 6.45) is 7.42. The van der Waals surface area contributed by atoms with Crippen LogP contribution in [0.5, 0.6) is 0 Å². The second-order valence-electron chi connectivity index (χ2n) is 3.45. The maximum atomic E-state index is 8.90. The number of rotatable bonds is 1. The van der Waals surface area contributed by atoms with Crippen molar-refractivity contribution in [2.45, 2.75) is 0 Å². The molecule has 0 aliphatic carbocycles. The largest absolute Gasteiger partial charge is 0.275 e. The van der Waals surface area contributed by atoms with Gasteiger partial charge in [-0.3, -0.25) is 9.67 Å². The van der Waals surface area contributed by atoms with E-state index in [0.29, 0.717) is 22.3 Å². The first-order chi connectivity index (χ1) is 9.49. The van der Waals surface area contributed by atoms with Gasteiger partial charge in [0.15, 0.2) is 0 Å². The van der Waals surface area contributed by atoms with Crippen LogP contribution in [0.1, 0.15) is 9.68 Å². The molecule has 0 spiro atoms. The third-order valence-corrected chi connectivity index (χ3v) is 2.40. The van der Waals surface area contributed by atoms with Gasteiger partial charge < -0.3 is 0 Å². The number of aryl methyl sites for hydroxylation is 1. The molecule has 6 heteroatoms. The molecule has 3 rings (SSSR count). The second kappa shape index (κ2) is 3.42. The average molecular weight is 227 g/mol. The van der Waals surface area contributed by atoms with E-state index in [-0.39, 0.29) is 0 Å². The number of hydrogen-bond donors (Lipinski definition) is 0. The molecule has 0 bridgehead atoms. The monoisotopic (exact) mass is 227 g/mol. The molecule has 82 valence electrons. The van der Waals surface area contributed by atoms with E-state index in [2.05, 4.69) is 15.2 Å². The SMILES string of the molecule is [2H]C([2H])([2H])n1cc(-c2cn3ncc(C#N)c3cn2)cn1. The van der Waals surface area contributed by atoms with E-state index in [1.165, 1.54) is 29.3 Å². The molecule has 17 heavy (non-hydrogen) atoms. The Morgan fingerprint density at radius 3 is 3.00 bits per heavy atom. The van der Waals surface area contributed by atoms with Crippen molar-refractivity contribution in [3.8, 4) is 17.3 Å². The molecule has 3 heterocycles. The molecular weight excluding hydrogens is 216 g/mol. The van der Waals surface area contributed by atoms with Gasteiger partial charge in [0.25, 0.3) is 0 Å². The summed E-state index contributed by atoms with van der Waals surface area (Å²) in [5, 5.41) is 16.7. The summed E-state index contributed by atoms with van der Waals surface area (Å²) in [7, 11) is 0. The minimum Gasteiger partial charge on any atom is -0.275 e. The van der Waals surface area contributed by atoms with Crippen LogP contribution >= 0.6 is 0 Å². The van der Waals surface area contributed by atoms with Gasteiger partial charge in [-0.1, -0.05) is 0 Å². The Bertz CT molecular complexity index is 823. The van der Waals surface area contributed by atoms with Crippen LogP contribution in [0.25, 0.3) is 16.8 Å². The molecule has 0 amide bonds. The number of hydrogen-bond acceptors (Lipinski definition) is 4. The summed E-state index contributed by atoms with van der Waals surface area (Å²) >= 11 is 0. The van der Waals surface area contributed by atoms with Crippen molar-refractivity contribution in [3.05, 3.63) is 36.5 Å². The molecule has 3 aromatic heterocycles. The smallest absolute Gasteiger partial charge is 0.103 e. The summed E-state index contributed by atoms with van der Waals surface area (Å²) in [6.45, 7) is -2.32. The maximum Gasteiger partial charge on any atom is 0.103 e. The van der Waals surface area contributed by atoms with Gasteiger partial charge in [-0.2, -0.15) is 15.5 Å². The van der Waals surface area contributed by atoms with Crippen LogP contribution in [0, 0.1) is 11.3 Å². The first-order valence-corrected chi connectivity index (χ1v) is 4.78. The lowest BCUT2D eigenvalue weighted by Crippen LogP contribution is -1.91. The summed E-state index contributed by atoms with van der Waals surface area (Å²) in [5.41, 5.74) is 2.12. The Hall–Kier alpha value is -2.68. The van der Waals surface area contributed by atoms with Gasteiger partial charge in [0.05, 0.1) is 36.0 Å². The Balaban J connectivity index is 2.07. The molecule has 0 saturated carbocycles. The van der Waals surface area contributed by atoms with Crippen molar-refractivity contribution in [1.82, 2.24) is 24.4 Å². The summed E-state index contributed by atoms with van der Waals surface area (Å²) in [4.78, 5) is 4.20. The molecule has 3 aromatic rings. The Morgan fingerprint density at radius 1 is 1.29 bits per heavy atom. The molecule has 0 aliphatic heterocycles. The van der Waals surface area contributed by atoms with Gasteiger partial charge >= 0.3 is 0 Å². The first-order valence-electron chi connectivity index (χ1n) is 6.28. The van der Waals surface area contributed by atoms with Crippen molar-refractivity contribution in [2.24, 2.45) is 6.98 Å². The number of nitriles is 1. The van der Waals surface area contributed by atoms with Crippen molar-refractivity contribution in [3.63, 3.8) is 0 Å². The van der Waals surface area contributed by atoms with Gasteiger partial charge in [0.2, 0.25) is 0 Å². The van der Waals surface area contributed by atoms with E-state index in [1.54, 1.807) is 6.20 Å². The number of fused-ring (bicyclic) bond motifs is 1. The minimum atomic E-state index is -2.32. The highest BCUT2D eigenvalue weighted by atomic mass is 15.2. The van der Waals surface area contributed by atoms with E-state index >= 15 is 0 Å². The zero-order valence-electron chi connectivity index (χ0n) is 11.6. The third-order valence-electron chi connectivity index (χ3n) is 2.40. The van der Waals surface area contributed by atoms with Crippen molar-refractivity contribution < 1.29 is 4.11 Å². The quantitative estimate of drug-likeness (QED) is 0.621. The molecule has 0 unspecified atom stereocenters. The van der Waals surface area contributed by atoms with Crippen molar-refractivity contribution >= 4 is 5.52 Å². The average Bonchev–Trinajstić information content (AvgIpc) is 3.04. The highest BCUT2D eigenvalue weighted by molar-refractivity contribution is 5.63. The predicted molar refractivity (Wildman–Crippen MR) is 59.9 cm³/mol. The molecule has 0 atom stereocenters. The van der Waals surface area contributed by atoms with Gasteiger partial charge in [0.1, 0.15) is 11.6 Å². The van der Waals surface area contributed by atoms with Crippen molar-refractivity contribution in [1.29, 1.82) is 5.26 Å². The van der Waals surface area contributed by atoms with Gasteiger partial charge in [-0.05, 0) is 0 Å². The molecule has 0 N–H and O–H groups in total. The molecule has 0 aliphatic rings. The topological polar surface area (TPSA) is 71.8 Å². The van der Waals surface area contributed by atoms with Gasteiger partial charge in [0, 0.05) is 22.8 Å². The van der Waals surface area contributed by atoms with Crippen LogP contribution in [-0.4, -0.2) is 24.4 Å². The van der Waals surface area contributed by atoms with E-state index in [4.69, 9.17) is 9.37 Å². The summed E-state index contributed by atoms with van der Waals surface area (Å²) < 4.78 is 24.2. The van der Waals surface area contributed by atoms with Gasteiger partial charge in [-0.25, -0.2) is 4.52 Å². The van der Waals surface area contributed by atoms with Crippen LogP contribution in [-0.2, 0) is 6.98 Å². The molecule has 0 radical (unpaired) electrons.